The van der Waals surface area contributed by atoms with Crippen LogP contribution in [-0.4, -0.2) is 4.98 Å². The van der Waals surface area contributed by atoms with Crippen molar-refractivity contribution in [1.29, 1.82) is 5.26 Å². The molecule has 0 unspecified atom stereocenters. The Kier molecular flexibility index (Phi) is 2.04. The van der Waals surface area contributed by atoms with E-state index < -0.39 is 5.82 Å². The fraction of sp³-hybridized carbons (Fsp3) is 0. The maximum Gasteiger partial charge on any atom is 0.141 e. The van der Waals surface area contributed by atoms with Crippen LogP contribution in [0.25, 0.3) is 11.3 Å². The van der Waals surface area contributed by atoms with Gasteiger partial charge in [0.1, 0.15) is 11.9 Å². The van der Waals surface area contributed by atoms with Crippen molar-refractivity contribution in [2.45, 2.75) is 0 Å². The van der Waals surface area contributed by atoms with Crippen molar-refractivity contribution < 1.29 is 4.39 Å². The van der Waals surface area contributed by atoms with Gasteiger partial charge in [-0.3, -0.25) is 0 Å². The zero-order valence-corrected chi connectivity index (χ0v) is 7.29. The average molecular weight is 186 g/mol. The first-order valence-corrected chi connectivity index (χ1v) is 4.15. The van der Waals surface area contributed by atoms with Crippen LogP contribution in [0.3, 0.4) is 0 Å². The summed E-state index contributed by atoms with van der Waals surface area (Å²) in [6.07, 6.45) is 1.74. The van der Waals surface area contributed by atoms with Crippen LogP contribution < -0.4 is 0 Å². The molecule has 14 heavy (non-hydrogen) atoms. The Morgan fingerprint density at radius 1 is 1.21 bits per heavy atom. The lowest BCUT2D eigenvalue weighted by atomic mass is 10.1. The van der Waals surface area contributed by atoms with E-state index in [2.05, 4.69) is 4.98 Å². The summed E-state index contributed by atoms with van der Waals surface area (Å²) in [7, 11) is 0. The molecule has 0 radical (unpaired) electrons. The molecule has 0 aliphatic heterocycles. The van der Waals surface area contributed by atoms with Gasteiger partial charge in [0.15, 0.2) is 0 Å². The second-order valence-electron chi connectivity index (χ2n) is 2.86. The molecule has 0 aliphatic rings. The largest absolute Gasteiger partial charge is 0.361 e. The van der Waals surface area contributed by atoms with Crippen molar-refractivity contribution in [3.8, 4) is 17.3 Å². The molecule has 0 amide bonds. The second kappa shape index (κ2) is 3.35. The van der Waals surface area contributed by atoms with Crippen LogP contribution in [0.15, 0.2) is 36.5 Å². The third-order valence-corrected chi connectivity index (χ3v) is 2.01. The molecular weight excluding hydrogens is 179 g/mol. The Morgan fingerprint density at radius 3 is 2.71 bits per heavy atom. The topological polar surface area (TPSA) is 39.6 Å². The number of aromatic amines is 1. The van der Waals surface area contributed by atoms with E-state index in [9.17, 15) is 4.39 Å². The first-order valence-electron chi connectivity index (χ1n) is 4.15. The van der Waals surface area contributed by atoms with Gasteiger partial charge in [-0.1, -0.05) is 12.1 Å². The lowest BCUT2D eigenvalue weighted by molar-refractivity contribution is 0.624. The molecule has 2 nitrogen and oxygen atoms in total. The van der Waals surface area contributed by atoms with Gasteiger partial charge in [0.2, 0.25) is 0 Å². The summed E-state index contributed by atoms with van der Waals surface area (Å²) in [5.74, 6) is -0.486. The van der Waals surface area contributed by atoms with E-state index in [0.717, 1.165) is 5.69 Å². The summed E-state index contributed by atoms with van der Waals surface area (Å²) >= 11 is 0. The number of nitriles is 1. The Hall–Kier alpha value is -2.08. The maximum atomic E-state index is 13.2. The van der Waals surface area contributed by atoms with E-state index in [1.807, 2.05) is 6.07 Å². The molecule has 2 rings (SSSR count). The molecule has 1 aromatic heterocycles. The van der Waals surface area contributed by atoms with Crippen molar-refractivity contribution >= 4 is 0 Å². The molecule has 0 fully saturated rings. The van der Waals surface area contributed by atoms with Crippen molar-refractivity contribution in [2.75, 3.05) is 0 Å². The van der Waals surface area contributed by atoms with E-state index in [4.69, 9.17) is 5.26 Å². The van der Waals surface area contributed by atoms with Crippen LogP contribution >= 0.6 is 0 Å². The number of benzene rings is 1. The van der Waals surface area contributed by atoms with Crippen LogP contribution in [-0.2, 0) is 0 Å². The lowest BCUT2D eigenvalue weighted by Gasteiger charge is -2.01. The molecule has 0 saturated heterocycles. The smallest absolute Gasteiger partial charge is 0.141 e. The van der Waals surface area contributed by atoms with Crippen LogP contribution in [0.1, 0.15) is 5.56 Å². The van der Waals surface area contributed by atoms with Gasteiger partial charge in [-0.25, -0.2) is 4.39 Å². The minimum Gasteiger partial charge on any atom is -0.361 e. The Morgan fingerprint density at radius 2 is 2.07 bits per heavy atom. The van der Waals surface area contributed by atoms with Gasteiger partial charge in [0.25, 0.3) is 0 Å². The number of hydrogen-bond acceptors (Lipinski definition) is 1. The van der Waals surface area contributed by atoms with E-state index in [1.165, 1.54) is 6.07 Å². The summed E-state index contributed by atoms with van der Waals surface area (Å²) < 4.78 is 13.2. The lowest BCUT2D eigenvalue weighted by Crippen LogP contribution is -1.88. The molecule has 68 valence electrons. The second-order valence-corrected chi connectivity index (χ2v) is 2.86. The third kappa shape index (κ3) is 1.27. The molecule has 3 heteroatoms. The van der Waals surface area contributed by atoms with Crippen LogP contribution in [0.2, 0.25) is 0 Å². The highest BCUT2D eigenvalue weighted by atomic mass is 19.1. The highest BCUT2D eigenvalue weighted by molar-refractivity contribution is 5.67. The van der Waals surface area contributed by atoms with E-state index >= 15 is 0 Å². The summed E-state index contributed by atoms with van der Waals surface area (Å²) in [4.78, 5) is 2.94. The van der Waals surface area contributed by atoms with Gasteiger partial charge in [-0.2, -0.15) is 5.26 Å². The van der Waals surface area contributed by atoms with E-state index in [1.54, 1.807) is 30.5 Å². The number of rotatable bonds is 1. The average Bonchev–Trinajstić information content (AvgIpc) is 2.70. The fourth-order valence-electron chi connectivity index (χ4n) is 1.36. The van der Waals surface area contributed by atoms with Crippen LogP contribution in [0.4, 0.5) is 4.39 Å². The monoisotopic (exact) mass is 186 g/mol. The summed E-state index contributed by atoms with van der Waals surface area (Å²) in [6, 6.07) is 10.1. The standard InChI is InChI=1S/C11H7FN2/c12-10-4-1-3-8(9(10)7-13)11-5-2-6-14-11/h1-6,14H. The predicted octanol–water partition coefficient (Wildman–Crippen LogP) is 2.69. The Labute approximate surface area is 80.6 Å². The van der Waals surface area contributed by atoms with Gasteiger partial charge in [-0.15, -0.1) is 0 Å². The zero-order chi connectivity index (χ0) is 9.97. The number of H-pyrrole nitrogens is 1. The highest BCUT2D eigenvalue weighted by Crippen LogP contribution is 2.23. The number of aromatic nitrogens is 1. The summed E-state index contributed by atoms with van der Waals surface area (Å²) in [5, 5.41) is 8.79. The number of nitrogens with one attached hydrogen (secondary N) is 1. The number of halogens is 1. The third-order valence-electron chi connectivity index (χ3n) is 2.01. The van der Waals surface area contributed by atoms with Gasteiger partial charge in [0.05, 0.1) is 5.56 Å². The first-order chi connectivity index (χ1) is 6.83. The minimum atomic E-state index is -0.486. The Bertz CT molecular complexity index is 480. The van der Waals surface area contributed by atoms with Crippen molar-refractivity contribution in [2.24, 2.45) is 0 Å². The molecule has 1 aromatic carbocycles. The first kappa shape index (κ1) is 8.52. The molecule has 2 aromatic rings. The van der Waals surface area contributed by atoms with Crippen molar-refractivity contribution in [3.05, 3.63) is 47.9 Å². The van der Waals surface area contributed by atoms with Gasteiger partial charge in [-0.05, 0) is 18.2 Å². The van der Waals surface area contributed by atoms with E-state index in [-0.39, 0.29) is 5.56 Å². The van der Waals surface area contributed by atoms with Crippen molar-refractivity contribution in [1.82, 2.24) is 4.98 Å². The zero-order valence-electron chi connectivity index (χ0n) is 7.29. The minimum absolute atomic E-state index is 0.0787. The molecule has 0 aliphatic carbocycles. The Balaban J connectivity index is 2.66. The maximum absolute atomic E-state index is 13.2. The quantitative estimate of drug-likeness (QED) is 0.730. The predicted molar refractivity (Wildman–Crippen MR) is 50.9 cm³/mol. The fourth-order valence-corrected chi connectivity index (χ4v) is 1.36. The SMILES string of the molecule is N#Cc1c(F)cccc1-c1ccc[nH]1. The highest BCUT2D eigenvalue weighted by Gasteiger charge is 2.09. The number of hydrogen-bond donors (Lipinski definition) is 1. The van der Waals surface area contributed by atoms with Gasteiger partial charge >= 0.3 is 0 Å². The van der Waals surface area contributed by atoms with Crippen LogP contribution in [0, 0.1) is 17.1 Å². The number of nitrogens with zero attached hydrogens (tertiary/aromatic N) is 1. The van der Waals surface area contributed by atoms with E-state index in [0.29, 0.717) is 5.56 Å². The molecule has 0 atom stereocenters. The molecule has 0 saturated carbocycles. The van der Waals surface area contributed by atoms with Crippen LogP contribution in [0.5, 0.6) is 0 Å². The normalized spacial score (nSPS) is 9.71. The molecule has 1 N–H and O–H groups in total. The molecular formula is C11H7FN2. The molecule has 1 heterocycles. The van der Waals surface area contributed by atoms with Crippen molar-refractivity contribution in [3.63, 3.8) is 0 Å². The molecule has 0 spiro atoms. The van der Waals surface area contributed by atoms with Gasteiger partial charge in [0, 0.05) is 17.5 Å². The van der Waals surface area contributed by atoms with Gasteiger partial charge < -0.3 is 4.98 Å². The summed E-state index contributed by atoms with van der Waals surface area (Å²) in [5.41, 5.74) is 1.42. The summed E-state index contributed by atoms with van der Waals surface area (Å²) in [6.45, 7) is 0. The molecule has 0 bridgehead atoms.